The lowest BCUT2D eigenvalue weighted by atomic mass is 9.90. The standard InChI is InChI=1S/C33H31NO3/c35-28-12-9-26(10-13-28)31-17-11-27-22-29(36)14-18-32(27)33(31)21-24-7-15-30(16-8-24)37-20-4-2-6-25-5-1-3-19-34-23-25/h1,5,7-19,22-23,35-36H,2-4,6,20-21H2. The number of hydrogen-bond acceptors (Lipinski definition) is 4. The van der Waals surface area contributed by atoms with Gasteiger partial charge in [0.25, 0.3) is 0 Å². The SMILES string of the molecule is Oc1ccc(-c2ccc3cc(O)ccc3c2Cc2ccc(OCCCCC3=CN=CCC=C3)cc2)cc1. The predicted molar refractivity (Wildman–Crippen MR) is 152 cm³/mol. The number of aromatic hydroxyl groups is 2. The molecular formula is C33H31NO3. The first-order valence-corrected chi connectivity index (χ1v) is 12.8. The summed E-state index contributed by atoms with van der Waals surface area (Å²) in [7, 11) is 0. The summed E-state index contributed by atoms with van der Waals surface area (Å²) in [6, 6.07) is 25.3. The molecule has 0 aliphatic carbocycles. The number of benzene rings is 4. The van der Waals surface area contributed by atoms with E-state index in [9.17, 15) is 10.2 Å². The molecule has 0 amide bonds. The Bertz CT molecular complexity index is 1450. The number of unbranched alkanes of at least 4 members (excludes halogenated alkanes) is 1. The van der Waals surface area contributed by atoms with E-state index >= 15 is 0 Å². The second-order valence-electron chi connectivity index (χ2n) is 9.34. The van der Waals surface area contributed by atoms with Crippen LogP contribution in [0, 0.1) is 0 Å². The second kappa shape index (κ2) is 11.6. The van der Waals surface area contributed by atoms with Crippen LogP contribution in [-0.4, -0.2) is 23.0 Å². The summed E-state index contributed by atoms with van der Waals surface area (Å²) in [6.45, 7) is 0.692. The van der Waals surface area contributed by atoms with Gasteiger partial charge >= 0.3 is 0 Å². The maximum atomic E-state index is 9.99. The van der Waals surface area contributed by atoms with E-state index in [1.54, 1.807) is 24.3 Å². The van der Waals surface area contributed by atoms with Crippen LogP contribution >= 0.6 is 0 Å². The lowest BCUT2D eigenvalue weighted by Crippen LogP contribution is -1.98. The van der Waals surface area contributed by atoms with Gasteiger partial charge < -0.3 is 14.9 Å². The monoisotopic (exact) mass is 489 g/mol. The number of rotatable bonds is 9. The van der Waals surface area contributed by atoms with Crippen LogP contribution in [0.4, 0.5) is 0 Å². The van der Waals surface area contributed by atoms with Crippen LogP contribution in [-0.2, 0) is 6.42 Å². The number of phenols is 2. The summed E-state index contributed by atoms with van der Waals surface area (Å²) >= 11 is 0. The third kappa shape index (κ3) is 6.28. The van der Waals surface area contributed by atoms with E-state index in [1.165, 1.54) is 16.7 Å². The van der Waals surface area contributed by atoms with E-state index in [4.69, 9.17) is 4.74 Å². The number of ether oxygens (including phenoxy) is 1. The highest BCUT2D eigenvalue weighted by Crippen LogP contribution is 2.34. The maximum absolute atomic E-state index is 9.99. The zero-order chi connectivity index (χ0) is 25.5. The topological polar surface area (TPSA) is 62.0 Å². The van der Waals surface area contributed by atoms with Crippen LogP contribution < -0.4 is 4.74 Å². The first kappa shape index (κ1) is 24.4. The van der Waals surface area contributed by atoms with E-state index in [0.29, 0.717) is 6.61 Å². The highest BCUT2D eigenvalue weighted by molar-refractivity contribution is 5.93. The molecule has 0 saturated heterocycles. The Hall–Kier alpha value is -4.31. The van der Waals surface area contributed by atoms with Crippen molar-refractivity contribution in [1.82, 2.24) is 0 Å². The quantitative estimate of drug-likeness (QED) is 0.234. The molecular weight excluding hydrogens is 458 g/mol. The average Bonchev–Trinajstić information content (AvgIpc) is 3.19. The molecule has 4 nitrogen and oxygen atoms in total. The van der Waals surface area contributed by atoms with E-state index < -0.39 is 0 Å². The van der Waals surface area contributed by atoms with Crippen molar-refractivity contribution in [3.05, 3.63) is 114 Å². The van der Waals surface area contributed by atoms with Gasteiger partial charge in [-0.15, -0.1) is 0 Å². The van der Waals surface area contributed by atoms with Gasteiger partial charge in [0, 0.05) is 18.8 Å². The van der Waals surface area contributed by atoms with Crippen molar-refractivity contribution >= 4 is 17.0 Å². The average molecular weight is 490 g/mol. The van der Waals surface area contributed by atoms with Crippen molar-refractivity contribution in [3.8, 4) is 28.4 Å². The molecule has 37 heavy (non-hydrogen) atoms. The summed E-state index contributed by atoms with van der Waals surface area (Å²) < 4.78 is 5.99. The van der Waals surface area contributed by atoms with Gasteiger partial charge in [0.2, 0.25) is 0 Å². The van der Waals surface area contributed by atoms with Gasteiger partial charge in [-0.25, -0.2) is 0 Å². The van der Waals surface area contributed by atoms with Crippen molar-refractivity contribution in [1.29, 1.82) is 0 Å². The zero-order valence-corrected chi connectivity index (χ0v) is 20.8. The minimum Gasteiger partial charge on any atom is -0.508 e. The Morgan fingerprint density at radius 3 is 2.46 bits per heavy atom. The summed E-state index contributed by atoms with van der Waals surface area (Å²) in [6.07, 6.45) is 12.9. The van der Waals surface area contributed by atoms with Crippen molar-refractivity contribution in [2.45, 2.75) is 32.1 Å². The van der Waals surface area contributed by atoms with Gasteiger partial charge in [0.15, 0.2) is 0 Å². The summed E-state index contributed by atoms with van der Waals surface area (Å²) in [5.74, 6) is 1.39. The molecule has 4 aromatic rings. The van der Waals surface area contributed by atoms with E-state index in [2.05, 4.69) is 35.3 Å². The molecule has 1 heterocycles. The van der Waals surface area contributed by atoms with Crippen molar-refractivity contribution in [2.75, 3.05) is 6.61 Å². The van der Waals surface area contributed by atoms with Gasteiger partial charge in [-0.1, -0.05) is 54.6 Å². The van der Waals surface area contributed by atoms with Crippen LogP contribution in [0.25, 0.3) is 21.9 Å². The Balaban J connectivity index is 1.27. The molecule has 0 fully saturated rings. The number of hydrogen-bond donors (Lipinski definition) is 2. The normalized spacial score (nSPS) is 12.9. The predicted octanol–water partition coefficient (Wildman–Crippen LogP) is 7.97. The fourth-order valence-electron chi connectivity index (χ4n) is 4.69. The molecule has 0 aromatic heterocycles. The lowest BCUT2D eigenvalue weighted by Gasteiger charge is -2.15. The second-order valence-corrected chi connectivity index (χ2v) is 9.34. The van der Waals surface area contributed by atoms with E-state index in [0.717, 1.165) is 59.8 Å². The van der Waals surface area contributed by atoms with Gasteiger partial charge in [0.1, 0.15) is 17.2 Å². The van der Waals surface area contributed by atoms with E-state index in [1.807, 2.05) is 48.8 Å². The summed E-state index contributed by atoms with van der Waals surface area (Å²) in [5, 5.41) is 21.8. The first-order valence-electron chi connectivity index (χ1n) is 12.8. The van der Waals surface area contributed by atoms with Crippen LogP contribution in [0.1, 0.15) is 36.8 Å². The number of allylic oxidation sites excluding steroid dienone is 3. The molecule has 0 radical (unpaired) electrons. The minimum atomic E-state index is 0.249. The molecule has 0 atom stereocenters. The number of phenolic OH excluding ortho intramolecular Hbond substituents is 2. The fraction of sp³-hybridized carbons (Fsp3) is 0.182. The molecule has 0 saturated carbocycles. The molecule has 0 unspecified atom stereocenters. The van der Waals surface area contributed by atoms with Crippen molar-refractivity contribution in [3.63, 3.8) is 0 Å². The molecule has 2 N–H and O–H groups in total. The van der Waals surface area contributed by atoms with Gasteiger partial charge in [-0.2, -0.15) is 0 Å². The summed E-state index contributed by atoms with van der Waals surface area (Å²) in [5.41, 5.74) is 5.80. The molecule has 1 aliphatic rings. The maximum Gasteiger partial charge on any atom is 0.119 e. The largest absolute Gasteiger partial charge is 0.508 e. The molecule has 1 aliphatic heterocycles. The van der Waals surface area contributed by atoms with Gasteiger partial charge in [0.05, 0.1) is 6.61 Å². The minimum absolute atomic E-state index is 0.249. The smallest absolute Gasteiger partial charge is 0.119 e. The summed E-state index contributed by atoms with van der Waals surface area (Å²) in [4.78, 5) is 4.28. The molecule has 186 valence electrons. The van der Waals surface area contributed by atoms with Crippen LogP contribution in [0.15, 0.2) is 108 Å². The molecule has 0 spiro atoms. The van der Waals surface area contributed by atoms with Crippen LogP contribution in [0.3, 0.4) is 0 Å². The highest BCUT2D eigenvalue weighted by atomic mass is 16.5. The Morgan fingerprint density at radius 1 is 0.811 bits per heavy atom. The Labute approximate surface area is 217 Å². The third-order valence-corrected chi connectivity index (χ3v) is 6.65. The molecule has 4 heteroatoms. The Kier molecular flexibility index (Phi) is 7.66. The fourth-order valence-corrected chi connectivity index (χ4v) is 4.69. The van der Waals surface area contributed by atoms with Crippen molar-refractivity contribution < 1.29 is 14.9 Å². The van der Waals surface area contributed by atoms with E-state index in [-0.39, 0.29) is 11.5 Å². The number of fused-ring (bicyclic) bond motifs is 1. The van der Waals surface area contributed by atoms with Crippen LogP contribution in [0.2, 0.25) is 0 Å². The van der Waals surface area contributed by atoms with Gasteiger partial charge in [-0.3, -0.25) is 4.99 Å². The first-order chi connectivity index (χ1) is 18.2. The lowest BCUT2D eigenvalue weighted by molar-refractivity contribution is 0.307. The zero-order valence-electron chi connectivity index (χ0n) is 20.8. The molecule has 4 aromatic carbocycles. The van der Waals surface area contributed by atoms with Crippen molar-refractivity contribution in [2.24, 2.45) is 4.99 Å². The number of nitrogens with zero attached hydrogens (tertiary/aromatic N) is 1. The molecule has 0 bridgehead atoms. The third-order valence-electron chi connectivity index (χ3n) is 6.65. The number of aliphatic imine (C=N–C) groups is 1. The van der Waals surface area contributed by atoms with Gasteiger partial charge in [-0.05, 0) is 101 Å². The molecule has 5 rings (SSSR count). The van der Waals surface area contributed by atoms with Crippen LogP contribution in [0.5, 0.6) is 17.2 Å². The highest BCUT2D eigenvalue weighted by Gasteiger charge is 2.12. The Morgan fingerprint density at radius 2 is 1.62 bits per heavy atom.